The van der Waals surface area contributed by atoms with Crippen molar-refractivity contribution in [1.82, 2.24) is 4.90 Å². The van der Waals surface area contributed by atoms with E-state index in [1.165, 1.54) is 18.4 Å². The molecule has 0 bridgehead atoms. The van der Waals surface area contributed by atoms with Crippen molar-refractivity contribution in [2.24, 2.45) is 5.73 Å². The van der Waals surface area contributed by atoms with E-state index in [2.05, 4.69) is 34.5 Å². The number of amides is 2. The van der Waals surface area contributed by atoms with Gasteiger partial charge in [0.2, 0.25) is 11.8 Å². The van der Waals surface area contributed by atoms with Crippen LogP contribution in [0.5, 0.6) is 0 Å². The Morgan fingerprint density at radius 1 is 1.07 bits per heavy atom. The molecule has 0 aromatic heterocycles. The number of rotatable bonds is 8. The fourth-order valence-corrected chi connectivity index (χ4v) is 3.68. The zero-order chi connectivity index (χ0) is 19.1. The van der Waals surface area contributed by atoms with Gasteiger partial charge in [-0.15, -0.1) is 0 Å². The maximum absolute atomic E-state index is 12.2. The Labute approximate surface area is 160 Å². The van der Waals surface area contributed by atoms with Gasteiger partial charge in [-0.25, -0.2) is 0 Å². The van der Waals surface area contributed by atoms with Gasteiger partial charge < -0.3 is 11.1 Å². The van der Waals surface area contributed by atoms with Crippen molar-refractivity contribution in [3.63, 3.8) is 0 Å². The van der Waals surface area contributed by atoms with Gasteiger partial charge in [0.05, 0.1) is 0 Å². The monoisotopic (exact) mass is 365 g/mol. The summed E-state index contributed by atoms with van der Waals surface area (Å²) in [5.41, 5.74) is 7.73. The highest BCUT2D eigenvalue weighted by Gasteiger charge is 2.24. The smallest absolute Gasteiger partial charge is 0.248 e. The van der Waals surface area contributed by atoms with Crippen LogP contribution < -0.4 is 11.1 Å². The molecule has 0 aliphatic carbocycles. The third-order valence-electron chi connectivity index (χ3n) is 5.19. The minimum absolute atomic E-state index is 0.00413. The molecule has 1 atom stereocenters. The fraction of sp³-hybridized carbons (Fsp3) is 0.364. The summed E-state index contributed by atoms with van der Waals surface area (Å²) in [6.45, 7) is 1.85. The Bertz CT molecular complexity index is 759. The standard InChI is InChI=1S/C22H27N3O2/c23-22(27)18-9-11-19(12-10-18)24-21(26)14-16-25-15-4-7-20(25)13-8-17-5-2-1-3-6-17/h1-3,5-6,9-12,20H,4,7-8,13-16H2,(H2,23,27)(H,24,26)/t20-/m0/s1. The predicted molar refractivity (Wildman–Crippen MR) is 108 cm³/mol. The molecule has 0 radical (unpaired) electrons. The molecule has 2 aromatic rings. The molecular weight excluding hydrogens is 338 g/mol. The van der Waals surface area contributed by atoms with Crippen molar-refractivity contribution in [2.75, 3.05) is 18.4 Å². The van der Waals surface area contributed by atoms with Gasteiger partial charge in [0.15, 0.2) is 0 Å². The van der Waals surface area contributed by atoms with Crippen LogP contribution in [0.4, 0.5) is 5.69 Å². The SMILES string of the molecule is NC(=O)c1ccc(NC(=O)CCN2CCC[C@H]2CCc2ccccc2)cc1. The molecule has 2 aromatic carbocycles. The number of anilines is 1. The average molecular weight is 365 g/mol. The Balaban J connectivity index is 1.44. The first-order valence-corrected chi connectivity index (χ1v) is 9.59. The normalized spacial score (nSPS) is 17.0. The molecular formula is C22H27N3O2. The third-order valence-corrected chi connectivity index (χ3v) is 5.19. The quantitative estimate of drug-likeness (QED) is 0.754. The van der Waals surface area contributed by atoms with Gasteiger partial charge in [-0.05, 0) is 62.1 Å². The summed E-state index contributed by atoms with van der Waals surface area (Å²) < 4.78 is 0. The molecule has 1 saturated heterocycles. The van der Waals surface area contributed by atoms with E-state index < -0.39 is 5.91 Å². The first kappa shape index (κ1) is 19.1. The molecule has 142 valence electrons. The largest absolute Gasteiger partial charge is 0.366 e. The lowest BCUT2D eigenvalue weighted by atomic mass is 10.0. The van der Waals surface area contributed by atoms with Crippen LogP contribution in [0, 0.1) is 0 Å². The third kappa shape index (κ3) is 5.66. The number of aryl methyl sites for hydroxylation is 1. The number of nitrogens with zero attached hydrogens (tertiary/aromatic N) is 1. The zero-order valence-corrected chi connectivity index (χ0v) is 15.6. The first-order chi connectivity index (χ1) is 13.1. The van der Waals surface area contributed by atoms with Crippen LogP contribution in [0.1, 0.15) is 41.6 Å². The average Bonchev–Trinajstić information content (AvgIpc) is 3.13. The summed E-state index contributed by atoms with van der Waals surface area (Å²) in [5, 5.41) is 2.89. The van der Waals surface area contributed by atoms with Crippen LogP contribution in [-0.4, -0.2) is 35.8 Å². The molecule has 5 nitrogen and oxygen atoms in total. The lowest BCUT2D eigenvalue weighted by Gasteiger charge is -2.24. The van der Waals surface area contributed by atoms with E-state index in [0.717, 1.165) is 25.9 Å². The summed E-state index contributed by atoms with van der Waals surface area (Å²) in [7, 11) is 0. The Hall–Kier alpha value is -2.66. The lowest BCUT2D eigenvalue weighted by Crippen LogP contribution is -2.32. The number of carbonyl (C=O) groups is 2. The number of carbonyl (C=O) groups excluding carboxylic acids is 2. The summed E-state index contributed by atoms with van der Waals surface area (Å²) >= 11 is 0. The summed E-state index contributed by atoms with van der Waals surface area (Å²) in [5.74, 6) is -0.473. The highest BCUT2D eigenvalue weighted by atomic mass is 16.2. The maximum atomic E-state index is 12.2. The minimum Gasteiger partial charge on any atom is -0.366 e. The lowest BCUT2D eigenvalue weighted by molar-refractivity contribution is -0.116. The van der Waals surface area contributed by atoms with Crippen molar-refractivity contribution < 1.29 is 9.59 Å². The van der Waals surface area contributed by atoms with Crippen molar-refractivity contribution >= 4 is 17.5 Å². The van der Waals surface area contributed by atoms with Crippen LogP contribution in [0.3, 0.4) is 0 Å². The molecule has 1 heterocycles. The number of nitrogens with two attached hydrogens (primary N) is 1. The molecule has 5 heteroatoms. The second-order valence-electron chi connectivity index (χ2n) is 7.10. The molecule has 1 aliphatic rings. The van der Waals surface area contributed by atoms with Crippen LogP contribution in [-0.2, 0) is 11.2 Å². The van der Waals surface area contributed by atoms with E-state index in [1.54, 1.807) is 24.3 Å². The zero-order valence-electron chi connectivity index (χ0n) is 15.6. The highest BCUT2D eigenvalue weighted by molar-refractivity contribution is 5.94. The molecule has 2 amide bonds. The van der Waals surface area contributed by atoms with Gasteiger partial charge in [0, 0.05) is 30.3 Å². The molecule has 0 saturated carbocycles. The van der Waals surface area contributed by atoms with E-state index in [0.29, 0.717) is 23.7 Å². The summed E-state index contributed by atoms with van der Waals surface area (Å²) in [6.07, 6.45) is 5.11. The van der Waals surface area contributed by atoms with E-state index in [1.807, 2.05) is 6.07 Å². The van der Waals surface area contributed by atoms with Crippen molar-refractivity contribution in [3.8, 4) is 0 Å². The fourth-order valence-electron chi connectivity index (χ4n) is 3.68. The van der Waals surface area contributed by atoms with E-state index in [9.17, 15) is 9.59 Å². The second-order valence-corrected chi connectivity index (χ2v) is 7.10. The van der Waals surface area contributed by atoms with E-state index in [-0.39, 0.29) is 5.91 Å². The maximum Gasteiger partial charge on any atom is 0.248 e. The Morgan fingerprint density at radius 3 is 2.52 bits per heavy atom. The van der Waals surface area contributed by atoms with Crippen molar-refractivity contribution in [1.29, 1.82) is 0 Å². The molecule has 3 N–H and O–H groups in total. The van der Waals surface area contributed by atoms with E-state index >= 15 is 0 Å². The van der Waals surface area contributed by atoms with Gasteiger partial charge >= 0.3 is 0 Å². The number of likely N-dealkylation sites (tertiary alicyclic amines) is 1. The second kappa shape index (κ2) is 9.33. The van der Waals surface area contributed by atoms with Crippen LogP contribution in [0.25, 0.3) is 0 Å². The number of hydrogen-bond donors (Lipinski definition) is 2. The van der Waals surface area contributed by atoms with Gasteiger partial charge in [0.25, 0.3) is 0 Å². The van der Waals surface area contributed by atoms with Crippen molar-refractivity contribution in [3.05, 3.63) is 65.7 Å². The van der Waals surface area contributed by atoms with Crippen LogP contribution in [0.2, 0.25) is 0 Å². The summed E-state index contributed by atoms with van der Waals surface area (Å²) in [6, 6.07) is 17.8. The number of primary amides is 1. The van der Waals surface area contributed by atoms with Gasteiger partial charge in [0.1, 0.15) is 0 Å². The molecule has 0 spiro atoms. The minimum atomic E-state index is -0.469. The van der Waals surface area contributed by atoms with E-state index in [4.69, 9.17) is 5.73 Å². The number of hydrogen-bond acceptors (Lipinski definition) is 3. The molecule has 0 unspecified atom stereocenters. The van der Waals surface area contributed by atoms with Gasteiger partial charge in [-0.2, -0.15) is 0 Å². The number of nitrogens with one attached hydrogen (secondary N) is 1. The summed E-state index contributed by atoms with van der Waals surface area (Å²) in [4.78, 5) is 25.8. The van der Waals surface area contributed by atoms with Crippen LogP contribution in [0.15, 0.2) is 54.6 Å². The van der Waals surface area contributed by atoms with Gasteiger partial charge in [-0.3, -0.25) is 14.5 Å². The van der Waals surface area contributed by atoms with Gasteiger partial charge in [-0.1, -0.05) is 30.3 Å². The molecule has 1 aliphatic heterocycles. The molecule has 3 rings (SSSR count). The highest BCUT2D eigenvalue weighted by Crippen LogP contribution is 2.22. The number of benzene rings is 2. The van der Waals surface area contributed by atoms with Crippen molar-refractivity contribution in [2.45, 2.75) is 38.1 Å². The Kier molecular flexibility index (Phi) is 6.60. The molecule has 27 heavy (non-hydrogen) atoms. The van der Waals surface area contributed by atoms with Crippen LogP contribution >= 0.6 is 0 Å². The predicted octanol–water partition coefficient (Wildman–Crippen LogP) is 3.21. The Morgan fingerprint density at radius 2 is 1.81 bits per heavy atom. The molecule has 1 fully saturated rings. The topological polar surface area (TPSA) is 75.4 Å². The first-order valence-electron chi connectivity index (χ1n) is 9.59.